The van der Waals surface area contributed by atoms with Crippen LogP contribution in [-0.2, 0) is 0 Å². The SMILES string of the molecule is C1=CC2=CC(c3ccc(-c4nc(C5=Cc6ccccc6C6C=CC=CC56)nc(-c5cc6ccccc6c6ccccc56)n4)cc3)=CNC2C=C1. The molecule has 1 aliphatic heterocycles. The van der Waals surface area contributed by atoms with Crippen molar-refractivity contribution < 1.29 is 0 Å². The van der Waals surface area contributed by atoms with Gasteiger partial charge in [0.15, 0.2) is 17.5 Å². The number of hydrogen-bond donors (Lipinski definition) is 1. The quantitative estimate of drug-likeness (QED) is 0.195. The highest BCUT2D eigenvalue weighted by atomic mass is 15.0. The van der Waals surface area contributed by atoms with Gasteiger partial charge in [-0.3, -0.25) is 0 Å². The molecule has 0 bridgehead atoms. The van der Waals surface area contributed by atoms with Crippen LogP contribution in [0.3, 0.4) is 0 Å². The summed E-state index contributed by atoms with van der Waals surface area (Å²) in [4.78, 5) is 15.8. The van der Waals surface area contributed by atoms with Crippen LogP contribution < -0.4 is 5.32 Å². The van der Waals surface area contributed by atoms with E-state index in [2.05, 4.69) is 175 Å². The van der Waals surface area contributed by atoms with Gasteiger partial charge in [0.1, 0.15) is 0 Å². The number of dihydropyridines is 1. The third kappa shape index (κ3) is 4.80. The first-order chi connectivity index (χ1) is 24.8. The number of hydrogen-bond acceptors (Lipinski definition) is 4. The summed E-state index contributed by atoms with van der Waals surface area (Å²) in [6.07, 6.45) is 24.1. The molecule has 0 saturated heterocycles. The lowest BCUT2D eigenvalue weighted by atomic mass is 9.72. The van der Waals surface area contributed by atoms with Crippen LogP contribution in [0, 0.1) is 5.92 Å². The lowest BCUT2D eigenvalue weighted by Gasteiger charge is -2.32. The van der Waals surface area contributed by atoms with E-state index in [4.69, 9.17) is 15.0 Å². The Hall–Kier alpha value is -6.39. The number of aromatic nitrogens is 3. The highest BCUT2D eigenvalue weighted by Crippen LogP contribution is 2.45. The standard InChI is InChI=1S/C46H32N4/c1-4-14-35-31(11-1)26-41(39-18-8-6-16-37(35)39)45-48-44(30-23-21-29(22-24-30)34-25-33-13-3-10-20-43(33)47-28-34)49-46(50-45)42-27-32-12-2-5-15-36(32)38-17-7-9-19-40(38)42/h1-28,37,39,43,47H. The normalized spacial score (nSPS) is 20.0. The minimum atomic E-state index is 0.125. The molecule has 3 aliphatic carbocycles. The molecule has 1 aromatic heterocycles. The van der Waals surface area contributed by atoms with Crippen molar-refractivity contribution in [3.8, 4) is 22.8 Å². The zero-order chi connectivity index (χ0) is 33.0. The van der Waals surface area contributed by atoms with Crippen molar-refractivity contribution in [2.24, 2.45) is 5.92 Å². The van der Waals surface area contributed by atoms with Gasteiger partial charge in [0.25, 0.3) is 0 Å². The third-order valence-electron chi connectivity index (χ3n) is 10.3. The number of rotatable bonds is 4. The molecule has 4 nitrogen and oxygen atoms in total. The summed E-state index contributed by atoms with van der Waals surface area (Å²) in [6, 6.07) is 36.9. The Labute approximate surface area is 291 Å². The van der Waals surface area contributed by atoms with Crippen LogP contribution in [0.15, 0.2) is 170 Å². The Kier molecular flexibility index (Phi) is 6.66. The van der Waals surface area contributed by atoms with Crippen molar-refractivity contribution in [2.75, 3.05) is 0 Å². The van der Waals surface area contributed by atoms with Crippen LogP contribution in [0.2, 0.25) is 0 Å². The Balaban J connectivity index is 1.15. The lowest BCUT2D eigenvalue weighted by Crippen LogP contribution is -2.27. The lowest BCUT2D eigenvalue weighted by molar-refractivity contribution is 0.702. The van der Waals surface area contributed by atoms with Gasteiger partial charge in [0, 0.05) is 34.7 Å². The average molecular weight is 641 g/mol. The summed E-state index contributed by atoms with van der Waals surface area (Å²) in [7, 11) is 0. The summed E-state index contributed by atoms with van der Waals surface area (Å²) in [6.45, 7) is 0. The molecule has 0 spiro atoms. The summed E-state index contributed by atoms with van der Waals surface area (Å²) >= 11 is 0. The predicted molar refractivity (Wildman–Crippen MR) is 206 cm³/mol. The maximum Gasteiger partial charge on any atom is 0.164 e. The molecule has 0 amide bonds. The van der Waals surface area contributed by atoms with Crippen molar-refractivity contribution in [3.63, 3.8) is 0 Å². The maximum absolute atomic E-state index is 5.32. The maximum atomic E-state index is 5.32. The highest BCUT2D eigenvalue weighted by molar-refractivity contribution is 6.13. The van der Waals surface area contributed by atoms with Gasteiger partial charge in [-0.2, -0.15) is 0 Å². The van der Waals surface area contributed by atoms with Gasteiger partial charge < -0.3 is 5.32 Å². The number of nitrogens with zero attached hydrogens (tertiary/aromatic N) is 3. The summed E-state index contributed by atoms with van der Waals surface area (Å²) in [5.74, 6) is 2.40. The van der Waals surface area contributed by atoms with Crippen molar-refractivity contribution in [1.82, 2.24) is 20.3 Å². The number of nitrogens with one attached hydrogen (secondary N) is 1. The summed E-state index contributed by atoms with van der Waals surface area (Å²) < 4.78 is 0. The van der Waals surface area contributed by atoms with E-state index in [9.17, 15) is 0 Å². The fourth-order valence-electron chi connectivity index (χ4n) is 7.84. The molecule has 2 heterocycles. The van der Waals surface area contributed by atoms with Crippen molar-refractivity contribution in [2.45, 2.75) is 12.0 Å². The van der Waals surface area contributed by atoms with Crippen LogP contribution in [0.1, 0.15) is 28.4 Å². The molecule has 236 valence electrons. The molecule has 3 unspecified atom stereocenters. The molecule has 10 rings (SSSR count). The second-order valence-corrected chi connectivity index (χ2v) is 13.3. The Morgan fingerprint density at radius 2 is 1.24 bits per heavy atom. The number of benzene rings is 5. The van der Waals surface area contributed by atoms with Crippen LogP contribution in [0.4, 0.5) is 0 Å². The van der Waals surface area contributed by atoms with Gasteiger partial charge in [0.2, 0.25) is 0 Å². The van der Waals surface area contributed by atoms with Crippen LogP contribution in [0.25, 0.3) is 61.5 Å². The molecule has 0 radical (unpaired) electrons. The van der Waals surface area contributed by atoms with Gasteiger partial charge in [-0.25, -0.2) is 15.0 Å². The second-order valence-electron chi connectivity index (χ2n) is 13.3. The van der Waals surface area contributed by atoms with E-state index in [0.29, 0.717) is 17.5 Å². The first kappa shape index (κ1) is 28.6. The zero-order valence-corrected chi connectivity index (χ0v) is 27.2. The Morgan fingerprint density at radius 3 is 2.14 bits per heavy atom. The zero-order valence-electron chi connectivity index (χ0n) is 27.2. The van der Waals surface area contributed by atoms with E-state index in [1.54, 1.807) is 0 Å². The minimum Gasteiger partial charge on any atom is -0.380 e. The van der Waals surface area contributed by atoms with E-state index in [-0.39, 0.29) is 17.9 Å². The van der Waals surface area contributed by atoms with E-state index < -0.39 is 0 Å². The van der Waals surface area contributed by atoms with Crippen molar-refractivity contribution in [1.29, 1.82) is 0 Å². The first-order valence-corrected chi connectivity index (χ1v) is 17.2. The van der Waals surface area contributed by atoms with Crippen LogP contribution >= 0.6 is 0 Å². The van der Waals surface area contributed by atoms with Crippen molar-refractivity contribution in [3.05, 3.63) is 192 Å². The Morgan fingerprint density at radius 1 is 0.540 bits per heavy atom. The third-order valence-corrected chi connectivity index (χ3v) is 10.3. The predicted octanol–water partition coefficient (Wildman–Crippen LogP) is 10.3. The van der Waals surface area contributed by atoms with Gasteiger partial charge in [-0.1, -0.05) is 146 Å². The molecular weight excluding hydrogens is 609 g/mol. The highest BCUT2D eigenvalue weighted by Gasteiger charge is 2.32. The van der Waals surface area contributed by atoms with Crippen LogP contribution in [0.5, 0.6) is 0 Å². The molecule has 6 aromatic rings. The average Bonchev–Trinajstić information content (AvgIpc) is 3.20. The summed E-state index contributed by atoms with van der Waals surface area (Å²) in [5, 5.41) is 8.22. The number of fused-ring (bicyclic) bond motifs is 7. The molecule has 3 atom stereocenters. The molecular formula is C46H32N4. The largest absolute Gasteiger partial charge is 0.380 e. The molecule has 1 N–H and O–H groups in total. The minimum absolute atomic E-state index is 0.125. The monoisotopic (exact) mass is 640 g/mol. The van der Waals surface area contributed by atoms with Crippen LogP contribution in [-0.4, -0.2) is 21.0 Å². The first-order valence-electron chi connectivity index (χ1n) is 17.2. The van der Waals surface area contributed by atoms with E-state index in [0.717, 1.165) is 38.6 Å². The molecule has 50 heavy (non-hydrogen) atoms. The fourth-order valence-corrected chi connectivity index (χ4v) is 7.84. The smallest absolute Gasteiger partial charge is 0.164 e. The van der Waals surface area contributed by atoms with E-state index in [1.807, 2.05) is 0 Å². The van der Waals surface area contributed by atoms with Gasteiger partial charge >= 0.3 is 0 Å². The number of allylic oxidation sites excluding steroid dienone is 9. The van der Waals surface area contributed by atoms with Gasteiger partial charge in [-0.05, 0) is 67.6 Å². The molecule has 0 fully saturated rings. The molecule has 4 heteroatoms. The molecule has 5 aromatic carbocycles. The topological polar surface area (TPSA) is 50.7 Å². The van der Waals surface area contributed by atoms with E-state index >= 15 is 0 Å². The second kappa shape index (κ2) is 11.6. The Bertz CT molecular complexity index is 2580. The van der Waals surface area contributed by atoms with E-state index in [1.165, 1.54) is 27.5 Å². The summed E-state index contributed by atoms with van der Waals surface area (Å²) in [5.41, 5.74) is 9.15. The van der Waals surface area contributed by atoms with Gasteiger partial charge in [-0.15, -0.1) is 0 Å². The molecule has 4 aliphatic rings. The molecule has 0 saturated carbocycles. The van der Waals surface area contributed by atoms with Crippen molar-refractivity contribution >= 4 is 38.8 Å². The van der Waals surface area contributed by atoms with Gasteiger partial charge in [0.05, 0.1) is 6.04 Å². The fraction of sp³-hybridized carbons (Fsp3) is 0.0652.